The van der Waals surface area contributed by atoms with E-state index in [1.54, 1.807) is 6.92 Å². The number of nitrogens with two attached hydrogens (primary N) is 1. The fraction of sp³-hybridized carbons (Fsp3) is 0.444. The van der Waals surface area contributed by atoms with Crippen molar-refractivity contribution in [2.24, 2.45) is 5.73 Å². The summed E-state index contributed by atoms with van der Waals surface area (Å²) in [4.78, 5) is 10.7. The minimum Gasteiger partial charge on any atom is -0.348 e. The zero-order valence-electron chi connectivity index (χ0n) is 8.47. The van der Waals surface area contributed by atoms with Gasteiger partial charge in [0.1, 0.15) is 4.88 Å². The van der Waals surface area contributed by atoms with Crippen molar-refractivity contribution in [2.45, 2.75) is 19.1 Å². The lowest BCUT2D eigenvalue weighted by Gasteiger charge is -2.09. The third-order valence-electron chi connectivity index (χ3n) is 1.84. The second-order valence-electron chi connectivity index (χ2n) is 3.27. The van der Waals surface area contributed by atoms with E-state index in [4.69, 9.17) is 5.73 Å². The third-order valence-corrected chi connectivity index (χ3v) is 2.97. The van der Waals surface area contributed by atoms with E-state index in [2.05, 4.69) is 5.32 Å². The van der Waals surface area contributed by atoms with Crippen LogP contribution in [0.4, 0.5) is 13.2 Å². The summed E-state index contributed by atoms with van der Waals surface area (Å²) >= 11 is 0.423. The van der Waals surface area contributed by atoms with Crippen molar-refractivity contribution >= 4 is 17.2 Å². The SMILES string of the molecule is CC(CN)NC(=O)c1ccc(C(F)(F)F)s1. The average Bonchev–Trinajstić information content (AvgIpc) is 2.65. The smallest absolute Gasteiger partial charge is 0.348 e. The molecule has 1 amide bonds. The highest BCUT2D eigenvalue weighted by Crippen LogP contribution is 2.34. The zero-order valence-corrected chi connectivity index (χ0v) is 9.28. The summed E-state index contributed by atoms with van der Waals surface area (Å²) in [6.45, 7) is 1.92. The summed E-state index contributed by atoms with van der Waals surface area (Å²) in [5, 5.41) is 2.49. The molecule has 3 nitrogen and oxygen atoms in total. The van der Waals surface area contributed by atoms with Gasteiger partial charge < -0.3 is 11.1 Å². The predicted octanol–water partition coefficient (Wildman–Crippen LogP) is 1.84. The van der Waals surface area contributed by atoms with Gasteiger partial charge >= 0.3 is 6.18 Å². The molecule has 0 aliphatic rings. The molecule has 0 aliphatic heterocycles. The summed E-state index contributed by atoms with van der Waals surface area (Å²) in [5.41, 5.74) is 5.28. The Bertz CT molecular complexity index is 375. The summed E-state index contributed by atoms with van der Waals surface area (Å²) < 4.78 is 36.8. The molecule has 0 radical (unpaired) electrons. The Morgan fingerprint density at radius 1 is 1.56 bits per heavy atom. The largest absolute Gasteiger partial charge is 0.425 e. The fourth-order valence-electron chi connectivity index (χ4n) is 0.966. The van der Waals surface area contributed by atoms with E-state index in [0.29, 0.717) is 11.3 Å². The lowest BCUT2D eigenvalue weighted by atomic mass is 10.3. The number of carbonyl (C=O) groups is 1. The number of nitrogens with one attached hydrogen (secondary N) is 1. The molecule has 1 aromatic rings. The molecule has 7 heteroatoms. The maximum Gasteiger partial charge on any atom is 0.425 e. The summed E-state index contributed by atoms with van der Waals surface area (Å²) in [7, 11) is 0. The quantitative estimate of drug-likeness (QED) is 0.862. The first-order valence-electron chi connectivity index (χ1n) is 4.52. The van der Waals surface area contributed by atoms with E-state index in [-0.39, 0.29) is 17.5 Å². The summed E-state index contributed by atoms with van der Waals surface area (Å²) in [6, 6.07) is 1.79. The molecular formula is C9H11F3N2OS. The van der Waals surface area contributed by atoms with Gasteiger partial charge in [0.25, 0.3) is 5.91 Å². The number of alkyl halides is 3. The van der Waals surface area contributed by atoms with Crippen LogP contribution in [0.25, 0.3) is 0 Å². The van der Waals surface area contributed by atoms with E-state index < -0.39 is 17.0 Å². The molecule has 1 heterocycles. The Kier molecular flexibility index (Phi) is 3.93. The Morgan fingerprint density at radius 3 is 2.62 bits per heavy atom. The molecule has 1 atom stereocenters. The highest BCUT2D eigenvalue weighted by molar-refractivity contribution is 7.14. The highest BCUT2D eigenvalue weighted by Gasteiger charge is 2.33. The van der Waals surface area contributed by atoms with Crippen LogP contribution < -0.4 is 11.1 Å². The van der Waals surface area contributed by atoms with E-state index in [1.807, 2.05) is 0 Å². The summed E-state index contributed by atoms with van der Waals surface area (Å²) in [5.74, 6) is -0.529. The van der Waals surface area contributed by atoms with Crippen LogP contribution in [-0.4, -0.2) is 18.5 Å². The molecule has 0 spiro atoms. The van der Waals surface area contributed by atoms with Crippen molar-refractivity contribution in [3.8, 4) is 0 Å². The average molecular weight is 252 g/mol. The van der Waals surface area contributed by atoms with Crippen LogP contribution in [0.15, 0.2) is 12.1 Å². The molecule has 3 N–H and O–H groups in total. The van der Waals surface area contributed by atoms with Crippen LogP contribution in [0.3, 0.4) is 0 Å². The number of hydrogen-bond acceptors (Lipinski definition) is 3. The number of rotatable bonds is 3. The van der Waals surface area contributed by atoms with Crippen LogP contribution in [0.1, 0.15) is 21.5 Å². The number of thiophene rings is 1. The van der Waals surface area contributed by atoms with Crippen molar-refractivity contribution in [1.29, 1.82) is 0 Å². The first-order chi connectivity index (χ1) is 7.34. The van der Waals surface area contributed by atoms with Gasteiger partial charge in [0.15, 0.2) is 0 Å². The van der Waals surface area contributed by atoms with Crippen LogP contribution >= 0.6 is 11.3 Å². The molecular weight excluding hydrogens is 241 g/mol. The van der Waals surface area contributed by atoms with E-state index in [1.165, 1.54) is 0 Å². The van der Waals surface area contributed by atoms with Gasteiger partial charge in [-0.1, -0.05) is 0 Å². The van der Waals surface area contributed by atoms with Gasteiger partial charge in [0.2, 0.25) is 0 Å². The molecule has 16 heavy (non-hydrogen) atoms. The summed E-state index contributed by atoms with van der Waals surface area (Å²) in [6.07, 6.45) is -4.40. The van der Waals surface area contributed by atoms with E-state index in [0.717, 1.165) is 12.1 Å². The van der Waals surface area contributed by atoms with Crippen molar-refractivity contribution in [1.82, 2.24) is 5.32 Å². The zero-order chi connectivity index (χ0) is 12.3. The minimum atomic E-state index is -4.40. The molecule has 0 fully saturated rings. The molecule has 0 saturated carbocycles. The van der Waals surface area contributed by atoms with E-state index in [9.17, 15) is 18.0 Å². The molecule has 1 rings (SSSR count). The third kappa shape index (κ3) is 3.21. The van der Waals surface area contributed by atoms with Gasteiger partial charge in [-0.05, 0) is 19.1 Å². The van der Waals surface area contributed by atoms with Gasteiger partial charge in [-0.2, -0.15) is 13.2 Å². The fourth-order valence-corrected chi connectivity index (χ4v) is 1.74. The number of carbonyl (C=O) groups excluding carboxylic acids is 1. The molecule has 0 aliphatic carbocycles. The van der Waals surface area contributed by atoms with Gasteiger partial charge in [0, 0.05) is 12.6 Å². The van der Waals surface area contributed by atoms with Crippen molar-refractivity contribution < 1.29 is 18.0 Å². The molecule has 0 bridgehead atoms. The van der Waals surface area contributed by atoms with Gasteiger partial charge in [-0.3, -0.25) is 4.79 Å². The lowest BCUT2D eigenvalue weighted by molar-refractivity contribution is -0.134. The Labute approximate surface area is 94.4 Å². The predicted molar refractivity (Wildman–Crippen MR) is 55.3 cm³/mol. The maximum atomic E-state index is 12.3. The highest BCUT2D eigenvalue weighted by atomic mass is 32.1. The maximum absolute atomic E-state index is 12.3. The topological polar surface area (TPSA) is 55.1 Å². The van der Waals surface area contributed by atoms with Crippen LogP contribution in [0.5, 0.6) is 0 Å². The van der Waals surface area contributed by atoms with Crippen LogP contribution in [-0.2, 0) is 6.18 Å². The van der Waals surface area contributed by atoms with Crippen molar-refractivity contribution in [3.63, 3.8) is 0 Å². The van der Waals surface area contributed by atoms with E-state index >= 15 is 0 Å². The van der Waals surface area contributed by atoms with Gasteiger partial charge in [-0.15, -0.1) is 11.3 Å². The number of halogens is 3. The molecule has 1 unspecified atom stereocenters. The molecule has 1 aromatic heterocycles. The second-order valence-corrected chi connectivity index (χ2v) is 4.36. The Balaban J connectivity index is 2.75. The monoisotopic (exact) mass is 252 g/mol. The second kappa shape index (κ2) is 4.84. The first kappa shape index (κ1) is 13.0. The Morgan fingerprint density at radius 2 is 2.19 bits per heavy atom. The normalized spacial score (nSPS) is 13.6. The Hall–Kier alpha value is -1.08. The van der Waals surface area contributed by atoms with Crippen LogP contribution in [0.2, 0.25) is 0 Å². The molecule has 90 valence electrons. The van der Waals surface area contributed by atoms with Crippen molar-refractivity contribution in [3.05, 3.63) is 21.9 Å². The van der Waals surface area contributed by atoms with Crippen molar-refractivity contribution in [2.75, 3.05) is 6.54 Å². The minimum absolute atomic E-state index is 0.0348. The molecule has 0 aromatic carbocycles. The van der Waals surface area contributed by atoms with Crippen LogP contribution in [0, 0.1) is 0 Å². The van der Waals surface area contributed by atoms with Gasteiger partial charge in [-0.25, -0.2) is 0 Å². The number of amides is 1. The van der Waals surface area contributed by atoms with Gasteiger partial charge in [0.05, 0.1) is 4.88 Å². The molecule has 0 saturated heterocycles. The standard InChI is InChI=1S/C9H11F3N2OS/c1-5(4-13)14-8(15)6-2-3-7(16-6)9(10,11)12/h2-3,5H,4,13H2,1H3,(H,14,15). The number of hydrogen-bond donors (Lipinski definition) is 2. The first-order valence-corrected chi connectivity index (χ1v) is 5.34. The lowest BCUT2D eigenvalue weighted by Crippen LogP contribution is -2.37.